The van der Waals surface area contributed by atoms with Gasteiger partial charge < -0.3 is 4.74 Å². The second kappa shape index (κ2) is 3.11. The molecule has 0 aliphatic rings. The van der Waals surface area contributed by atoms with E-state index in [1.165, 1.54) is 0 Å². The molecular formula is C8H10N2O. The minimum Gasteiger partial charge on any atom is -0.477 e. The standard InChI is InChI=1S/C8H10N2O/c1-4-5-11-8-6(2)9-10-7(8)3/h1H,5H2,2-3H3,(H,9,10). The van der Waals surface area contributed by atoms with Gasteiger partial charge in [-0.3, -0.25) is 5.10 Å². The van der Waals surface area contributed by atoms with E-state index in [1.807, 2.05) is 13.8 Å². The fourth-order valence-corrected chi connectivity index (χ4v) is 0.867. The predicted octanol–water partition coefficient (Wildman–Crippen LogP) is 1.04. The van der Waals surface area contributed by atoms with Gasteiger partial charge in [-0.1, -0.05) is 5.92 Å². The van der Waals surface area contributed by atoms with Crippen molar-refractivity contribution < 1.29 is 4.74 Å². The van der Waals surface area contributed by atoms with Crippen LogP contribution in [0.3, 0.4) is 0 Å². The van der Waals surface area contributed by atoms with Crippen LogP contribution in [0.25, 0.3) is 0 Å². The van der Waals surface area contributed by atoms with E-state index in [4.69, 9.17) is 11.2 Å². The Kier molecular flexibility index (Phi) is 2.17. The summed E-state index contributed by atoms with van der Waals surface area (Å²) in [6.45, 7) is 4.06. The zero-order valence-corrected chi connectivity index (χ0v) is 6.64. The Morgan fingerprint density at radius 1 is 1.64 bits per heavy atom. The maximum Gasteiger partial charge on any atom is 0.164 e. The summed E-state index contributed by atoms with van der Waals surface area (Å²) in [7, 11) is 0. The maximum absolute atomic E-state index is 5.23. The van der Waals surface area contributed by atoms with Crippen LogP contribution in [-0.2, 0) is 0 Å². The first-order chi connectivity index (χ1) is 5.25. The van der Waals surface area contributed by atoms with Crippen LogP contribution in [0.1, 0.15) is 11.4 Å². The smallest absolute Gasteiger partial charge is 0.164 e. The molecule has 0 atom stereocenters. The Labute approximate surface area is 65.8 Å². The highest BCUT2D eigenvalue weighted by molar-refractivity contribution is 5.30. The molecule has 1 aromatic rings. The van der Waals surface area contributed by atoms with Gasteiger partial charge in [-0.2, -0.15) is 5.10 Å². The summed E-state index contributed by atoms with van der Waals surface area (Å²) < 4.78 is 5.23. The van der Waals surface area contributed by atoms with E-state index < -0.39 is 0 Å². The number of aromatic nitrogens is 2. The van der Waals surface area contributed by atoms with Crippen molar-refractivity contribution in [2.24, 2.45) is 0 Å². The molecule has 0 spiro atoms. The predicted molar refractivity (Wildman–Crippen MR) is 42.4 cm³/mol. The zero-order chi connectivity index (χ0) is 8.27. The number of aromatic amines is 1. The summed E-state index contributed by atoms with van der Waals surface area (Å²) in [5.41, 5.74) is 1.76. The Morgan fingerprint density at radius 2 is 2.36 bits per heavy atom. The lowest BCUT2D eigenvalue weighted by Crippen LogP contribution is -1.94. The number of ether oxygens (including phenoxy) is 1. The first-order valence-electron chi connectivity index (χ1n) is 3.33. The molecule has 0 aliphatic heterocycles. The average molecular weight is 150 g/mol. The minimum absolute atomic E-state index is 0.293. The highest BCUT2D eigenvalue weighted by Crippen LogP contribution is 2.18. The van der Waals surface area contributed by atoms with Crippen molar-refractivity contribution in [2.75, 3.05) is 6.61 Å². The van der Waals surface area contributed by atoms with Crippen LogP contribution >= 0.6 is 0 Å². The van der Waals surface area contributed by atoms with E-state index in [1.54, 1.807) is 0 Å². The molecule has 0 radical (unpaired) electrons. The molecular weight excluding hydrogens is 140 g/mol. The molecule has 1 aromatic heterocycles. The monoisotopic (exact) mass is 150 g/mol. The van der Waals surface area contributed by atoms with Crippen LogP contribution < -0.4 is 4.74 Å². The van der Waals surface area contributed by atoms with Gasteiger partial charge in [0.25, 0.3) is 0 Å². The Bertz CT molecular complexity index is 263. The van der Waals surface area contributed by atoms with Gasteiger partial charge in [0.1, 0.15) is 12.3 Å². The highest BCUT2D eigenvalue weighted by atomic mass is 16.5. The Morgan fingerprint density at radius 3 is 2.82 bits per heavy atom. The van der Waals surface area contributed by atoms with Crippen LogP contribution in [0.5, 0.6) is 5.75 Å². The van der Waals surface area contributed by atoms with Crippen molar-refractivity contribution in [3.8, 4) is 18.1 Å². The molecule has 0 fully saturated rings. The number of H-pyrrole nitrogens is 1. The van der Waals surface area contributed by atoms with Crippen molar-refractivity contribution in [2.45, 2.75) is 13.8 Å². The summed E-state index contributed by atoms with van der Waals surface area (Å²) in [5.74, 6) is 3.16. The SMILES string of the molecule is C#CCOc1c(C)n[nH]c1C. The van der Waals surface area contributed by atoms with Crippen LogP contribution in [0.4, 0.5) is 0 Å². The lowest BCUT2D eigenvalue weighted by molar-refractivity contribution is 0.365. The lowest BCUT2D eigenvalue weighted by atomic mass is 10.3. The minimum atomic E-state index is 0.293. The molecule has 58 valence electrons. The summed E-state index contributed by atoms with van der Waals surface area (Å²) in [5, 5.41) is 6.75. The molecule has 1 rings (SSSR count). The number of terminal acetylenes is 1. The Hall–Kier alpha value is -1.43. The second-order valence-electron chi connectivity index (χ2n) is 2.26. The second-order valence-corrected chi connectivity index (χ2v) is 2.26. The topological polar surface area (TPSA) is 37.9 Å². The molecule has 1 heterocycles. The first-order valence-corrected chi connectivity index (χ1v) is 3.33. The summed E-state index contributed by atoms with van der Waals surface area (Å²) in [6, 6.07) is 0. The number of hydrogen-bond donors (Lipinski definition) is 1. The molecule has 0 amide bonds. The maximum atomic E-state index is 5.23. The van der Waals surface area contributed by atoms with E-state index >= 15 is 0 Å². The van der Waals surface area contributed by atoms with E-state index in [-0.39, 0.29) is 0 Å². The van der Waals surface area contributed by atoms with Gasteiger partial charge in [-0.25, -0.2) is 0 Å². The Balaban J connectivity index is 2.77. The summed E-state index contributed by atoms with van der Waals surface area (Å²) in [4.78, 5) is 0. The van der Waals surface area contributed by atoms with E-state index in [9.17, 15) is 0 Å². The van der Waals surface area contributed by atoms with Crippen molar-refractivity contribution >= 4 is 0 Å². The largest absolute Gasteiger partial charge is 0.477 e. The van der Waals surface area contributed by atoms with Crippen molar-refractivity contribution in [1.82, 2.24) is 10.2 Å². The first kappa shape index (κ1) is 7.67. The molecule has 0 aromatic carbocycles. The number of rotatable bonds is 2. The van der Waals surface area contributed by atoms with Crippen LogP contribution in [0.15, 0.2) is 0 Å². The highest BCUT2D eigenvalue weighted by Gasteiger charge is 2.05. The van der Waals surface area contributed by atoms with Gasteiger partial charge in [-0.05, 0) is 13.8 Å². The zero-order valence-electron chi connectivity index (χ0n) is 6.64. The molecule has 0 aliphatic carbocycles. The number of aryl methyl sites for hydroxylation is 2. The molecule has 3 nitrogen and oxygen atoms in total. The van der Waals surface area contributed by atoms with Crippen LogP contribution in [-0.4, -0.2) is 16.8 Å². The quantitative estimate of drug-likeness (QED) is 0.639. The molecule has 1 N–H and O–H groups in total. The van der Waals surface area contributed by atoms with Gasteiger partial charge in [0.05, 0.1) is 5.69 Å². The summed E-state index contributed by atoms with van der Waals surface area (Å²) >= 11 is 0. The van der Waals surface area contributed by atoms with Gasteiger partial charge in [-0.15, -0.1) is 6.42 Å². The van der Waals surface area contributed by atoms with Crippen LogP contribution in [0.2, 0.25) is 0 Å². The summed E-state index contributed by atoms with van der Waals surface area (Å²) in [6.07, 6.45) is 5.04. The van der Waals surface area contributed by atoms with Gasteiger partial charge in [0.15, 0.2) is 5.75 Å². The number of nitrogens with zero attached hydrogens (tertiary/aromatic N) is 1. The average Bonchev–Trinajstić information content (AvgIpc) is 2.29. The normalized spacial score (nSPS) is 9.18. The van der Waals surface area contributed by atoms with E-state index in [0.717, 1.165) is 17.1 Å². The van der Waals surface area contributed by atoms with E-state index in [0.29, 0.717) is 6.61 Å². The molecule has 3 heteroatoms. The number of hydrogen-bond acceptors (Lipinski definition) is 2. The fourth-order valence-electron chi connectivity index (χ4n) is 0.867. The van der Waals surface area contributed by atoms with E-state index in [2.05, 4.69) is 16.1 Å². The number of nitrogens with one attached hydrogen (secondary N) is 1. The van der Waals surface area contributed by atoms with Crippen LogP contribution in [0, 0.1) is 26.2 Å². The third-order valence-corrected chi connectivity index (χ3v) is 1.36. The van der Waals surface area contributed by atoms with Crippen molar-refractivity contribution in [3.63, 3.8) is 0 Å². The molecule has 0 unspecified atom stereocenters. The fraction of sp³-hybridized carbons (Fsp3) is 0.375. The molecule has 0 bridgehead atoms. The van der Waals surface area contributed by atoms with Crippen molar-refractivity contribution in [3.05, 3.63) is 11.4 Å². The van der Waals surface area contributed by atoms with Gasteiger partial charge >= 0.3 is 0 Å². The third-order valence-electron chi connectivity index (χ3n) is 1.36. The lowest BCUT2D eigenvalue weighted by Gasteiger charge is -1.99. The molecule has 0 saturated heterocycles. The molecule has 11 heavy (non-hydrogen) atoms. The molecule has 0 saturated carbocycles. The van der Waals surface area contributed by atoms with Gasteiger partial charge in [0, 0.05) is 0 Å². The van der Waals surface area contributed by atoms with Gasteiger partial charge in [0.2, 0.25) is 0 Å². The van der Waals surface area contributed by atoms with Crippen molar-refractivity contribution in [1.29, 1.82) is 0 Å². The third kappa shape index (κ3) is 1.53.